The molecule has 0 bridgehead atoms. The number of aryl methyl sites for hydroxylation is 1. The second kappa shape index (κ2) is 5.12. The molecule has 3 rings (SSSR count). The van der Waals surface area contributed by atoms with Crippen LogP contribution in [0.15, 0.2) is 42.5 Å². The summed E-state index contributed by atoms with van der Waals surface area (Å²) in [4.78, 5) is 0. The van der Waals surface area contributed by atoms with E-state index in [0.29, 0.717) is 17.5 Å². The Kier molecular flexibility index (Phi) is 3.39. The Labute approximate surface area is 124 Å². The molecule has 0 atom stereocenters. The summed E-state index contributed by atoms with van der Waals surface area (Å²) in [5.74, 6) is -0.476. The lowest BCUT2D eigenvalue weighted by molar-refractivity contribution is -0.142. The first kappa shape index (κ1) is 14.6. The topological polar surface area (TPSA) is 17.8 Å². The number of alkyl halides is 3. The molecule has 0 N–H and O–H groups in total. The quantitative estimate of drug-likeness (QED) is 0.625. The van der Waals surface area contributed by atoms with Crippen molar-refractivity contribution in [1.82, 2.24) is 9.78 Å². The molecule has 3 aromatic rings. The molecule has 114 valence electrons. The molecule has 0 amide bonds. The Morgan fingerprint density at radius 3 is 2.41 bits per heavy atom. The second-order valence-electron chi connectivity index (χ2n) is 4.90. The van der Waals surface area contributed by atoms with Crippen molar-refractivity contribution in [3.63, 3.8) is 0 Å². The van der Waals surface area contributed by atoms with Gasteiger partial charge in [-0.2, -0.15) is 18.3 Å². The number of hydrogen-bond donors (Lipinski definition) is 0. The predicted octanol–water partition coefficient (Wildman–Crippen LogP) is 4.75. The molecule has 2 nitrogen and oxygen atoms in total. The average molecular weight is 308 g/mol. The van der Waals surface area contributed by atoms with Crippen LogP contribution in [0, 0.1) is 5.82 Å². The Hall–Kier alpha value is -2.37. The van der Waals surface area contributed by atoms with Gasteiger partial charge in [-0.05, 0) is 24.6 Å². The smallest absolute Gasteiger partial charge is 0.228 e. The number of benzene rings is 2. The molecule has 0 saturated carbocycles. The first-order valence-electron chi connectivity index (χ1n) is 6.75. The Bertz CT molecular complexity index is 834. The summed E-state index contributed by atoms with van der Waals surface area (Å²) in [5, 5.41) is 4.67. The molecular weight excluding hydrogens is 296 g/mol. The van der Waals surface area contributed by atoms with Gasteiger partial charge in [-0.25, -0.2) is 9.07 Å². The highest BCUT2D eigenvalue weighted by atomic mass is 19.4. The van der Waals surface area contributed by atoms with Crippen molar-refractivity contribution in [2.45, 2.75) is 19.5 Å². The van der Waals surface area contributed by atoms with Gasteiger partial charge in [0.15, 0.2) is 0 Å². The molecular formula is C16H12F4N2. The van der Waals surface area contributed by atoms with E-state index in [-0.39, 0.29) is 11.1 Å². The van der Waals surface area contributed by atoms with Crippen LogP contribution in [-0.4, -0.2) is 9.78 Å². The van der Waals surface area contributed by atoms with E-state index in [1.807, 2.05) is 0 Å². The molecule has 0 unspecified atom stereocenters. The molecule has 0 fully saturated rings. The predicted molar refractivity (Wildman–Crippen MR) is 75.4 cm³/mol. The lowest BCUT2D eigenvalue weighted by atomic mass is 10.1. The SMILES string of the molecule is CCc1cc(C(F)(F)F)n(-c2cccc3c(F)cccc23)n1. The molecule has 0 saturated heterocycles. The van der Waals surface area contributed by atoms with E-state index in [2.05, 4.69) is 5.10 Å². The normalized spacial score (nSPS) is 12.0. The minimum absolute atomic E-state index is 0.212. The number of halogens is 4. The van der Waals surface area contributed by atoms with Gasteiger partial charge in [0.25, 0.3) is 0 Å². The van der Waals surface area contributed by atoms with Crippen molar-refractivity contribution in [2.75, 3.05) is 0 Å². The largest absolute Gasteiger partial charge is 0.433 e. The monoisotopic (exact) mass is 308 g/mol. The van der Waals surface area contributed by atoms with E-state index < -0.39 is 17.7 Å². The van der Waals surface area contributed by atoms with E-state index in [0.717, 1.165) is 10.7 Å². The number of aromatic nitrogens is 2. The van der Waals surface area contributed by atoms with Gasteiger partial charge in [0, 0.05) is 10.8 Å². The number of rotatable bonds is 2. The Morgan fingerprint density at radius 2 is 1.73 bits per heavy atom. The highest BCUT2D eigenvalue weighted by Crippen LogP contribution is 2.33. The summed E-state index contributed by atoms with van der Waals surface area (Å²) in [5.41, 5.74) is -0.314. The van der Waals surface area contributed by atoms with Crippen molar-refractivity contribution >= 4 is 10.8 Å². The van der Waals surface area contributed by atoms with Crippen LogP contribution in [0.2, 0.25) is 0 Å². The van der Waals surface area contributed by atoms with Gasteiger partial charge in [-0.15, -0.1) is 0 Å². The fraction of sp³-hybridized carbons (Fsp3) is 0.188. The molecule has 1 aromatic heterocycles. The van der Waals surface area contributed by atoms with E-state index in [1.54, 1.807) is 13.0 Å². The molecule has 6 heteroatoms. The van der Waals surface area contributed by atoms with Gasteiger partial charge >= 0.3 is 6.18 Å². The number of nitrogens with zero attached hydrogens (tertiary/aromatic N) is 2. The van der Waals surface area contributed by atoms with Crippen LogP contribution in [0.3, 0.4) is 0 Å². The van der Waals surface area contributed by atoms with Crippen LogP contribution in [-0.2, 0) is 12.6 Å². The van der Waals surface area contributed by atoms with Crippen LogP contribution in [0.1, 0.15) is 18.3 Å². The number of hydrogen-bond acceptors (Lipinski definition) is 1. The second-order valence-corrected chi connectivity index (χ2v) is 4.90. The summed E-state index contributed by atoms with van der Waals surface area (Å²) in [6.45, 7) is 1.73. The van der Waals surface area contributed by atoms with Gasteiger partial charge in [0.2, 0.25) is 0 Å². The first-order chi connectivity index (χ1) is 10.4. The van der Waals surface area contributed by atoms with E-state index >= 15 is 0 Å². The third-order valence-corrected chi connectivity index (χ3v) is 3.49. The number of fused-ring (bicyclic) bond motifs is 1. The zero-order valence-corrected chi connectivity index (χ0v) is 11.7. The van der Waals surface area contributed by atoms with Crippen LogP contribution < -0.4 is 0 Å². The van der Waals surface area contributed by atoms with Crippen LogP contribution in [0.5, 0.6) is 0 Å². The van der Waals surface area contributed by atoms with Crippen molar-refractivity contribution in [3.8, 4) is 5.69 Å². The zero-order chi connectivity index (χ0) is 15.9. The molecule has 0 aliphatic carbocycles. The van der Waals surface area contributed by atoms with Gasteiger partial charge in [-0.3, -0.25) is 0 Å². The maximum atomic E-state index is 13.8. The van der Waals surface area contributed by atoms with Crippen molar-refractivity contribution < 1.29 is 17.6 Å². The summed E-state index contributed by atoms with van der Waals surface area (Å²) in [6, 6.07) is 9.92. The molecule has 0 aliphatic heterocycles. The van der Waals surface area contributed by atoms with Gasteiger partial charge in [-0.1, -0.05) is 31.2 Å². The Balaban J connectivity index is 2.33. The summed E-state index contributed by atoms with van der Waals surface area (Å²) in [7, 11) is 0. The maximum absolute atomic E-state index is 13.8. The lowest BCUT2D eigenvalue weighted by Crippen LogP contribution is -2.13. The highest BCUT2D eigenvalue weighted by Gasteiger charge is 2.36. The average Bonchev–Trinajstić information content (AvgIpc) is 2.91. The minimum Gasteiger partial charge on any atom is -0.228 e. The van der Waals surface area contributed by atoms with E-state index in [4.69, 9.17) is 0 Å². The lowest BCUT2D eigenvalue weighted by Gasteiger charge is -2.12. The molecule has 0 spiro atoms. The third-order valence-electron chi connectivity index (χ3n) is 3.49. The van der Waals surface area contributed by atoms with Crippen molar-refractivity contribution in [2.24, 2.45) is 0 Å². The van der Waals surface area contributed by atoms with E-state index in [9.17, 15) is 17.6 Å². The van der Waals surface area contributed by atoms with E-state index in [1.165, 1.54) is 30.3 Å². The summed E-state index contributed by atoms with van der Waals surface area (Å²) >= 11 is 0. The van der Waals surface area contributed by atoms with Gasteiger partial charge in [0.1, 0.15) is 11.5 Å². The molecule has 0 aliphatic rings. The van der Waals surface area contributed by atoms with Crippen LogP contribution in [0.4, 0.5) is 17.6 Å². The fourth-order valence-corrected chi connectivity index (χ4v) is 2.43. The summed E-state index contributed by atoms with van der Waals surface area (Å²) in [6.07, 6.45) is -4.15. The molecule has 1 heterocycles. The van der Waals surface area contributed by atoms with Gasteiger partial charge < -0.3 is 0 Å². The molecule has 0 radical (unpaired) electrons. The third kappa shape index (κ3) is 2.34. The van der Waals surface area contributed by atoms with Crippen molar-refractivity contribution in [3.05, 3.63) is 59.7 Å². The Morgan fingerprint density at radius 1 is 1.05 bits per heavy atom. The molecule has 2 aromatic carbocycles. The fourth-order valence-electron chi connectivity index (χ4n) is 2.43. The van der Waals surface area contributed by atoms with Crippen LogP contribution >= 0.6 is 0 Å². The standard InChI is InChI=1S/C16H12F4N2/c1-2-10-9-15(16(18,19)20)22(21-10)14-8-4-5-11-12(14)6-3-7-13(11)17/h3-9H,2H2,1H3. The minimum atomic E-state index is -4.53. The maximum Gasteiger partial charge on any atom is 0.433 e. The molecule has 22 heavy (non-hydrogen) atoms. The van der Waals surface area contributed by atoms with Crippen molar-refractivity contribution in [1.29, 1.82) is 0 Å². The summed E-state index contributed by atoms with van der Waals surface area (Å²) < 4.78 is 54.4. The highest BCUT2D eigenvalue weighted by molar-refractivity contribution is 5.90. The van der Waals surface area contributed by atoms with Gasteiger partial charge in [0.05, 0.1) is 11.4 Å². The van der Waals surface area contributed by atoms with Crippen LogP contribution in [0.25, 0.3) is 16.5 Å². The first-order valence-corrected chi connectivity index (χ1v) is 6.75. The zero-order valence-electron chi connectivity index (χ0n) is 11.7.